The number of Topliss-reactive ketones (excluding diaryl/α,β-unsaturated/α-hetero) is 1. The first kappa shape index (κ1) is 31.2. The van der Waals surface area contributed by atoms with E-state index in [2.05, 4.69) is 0 Å². The van der Waals surface area contributed by atoms with Crippen molar-refractivity contribution in [2.45, 2.75) is 13.1 Å². The molecule has 1 N–H and O–H groups in total. The van der Waals surface area contributed by atoms with Crippen LogP contribution < -0.4 is 4.90 Å². The lowest BCUT2D eigenvalue weighted by Crippen LogP contribution is -2.18. The third-order valence-electron chi connectivity index (χ3n) is 7.81. The Morgan fingerprint density at radius 1 is 0.812 bits per heavy atom. The van der Waals surface area contributed by atoms with Gasteiger partial charge in [0.2, 0.25) is 11.7 Å². The third kappa shape index (κ3) is 6.60. The molecule has 7 nitrogen and oxygen atoms in total. The van der Waals surface area contributed by atoms with Gasteiger partial charge >= 0.3 is 0 Å². The number of hydrogen-bond acceptors (Lipinski definition) is 6. The molecule has 232 valence electrons. The number of aromatic hydroxyl groups is 1. The van der Waals surface area contributed by atoms with E-state index in [-0.39, 0.29) is 35.8 Å². The van der Waals surface area contributed by atoms with Crippen LogP contribution in [0.3, 0.4) is 0 Å². The SMILES string of the molecule is N#CC(C#N)=CN(Cc1ccccc1)c1ccccc1N=C(C(=O)c1ccccc1)c1c(O)n(Cc2ccccc2)c2ccc(F)cc12. The first-order valence-corrected chi connectivity index (χ1v) is 15.1. The summed E-state index contributed by atoms with van der Waals surface area (Å²) in [5.74, 6) is -1.26. The largest absolute Gasteiger partial charge is 0.494 e. The monoisotopic (exact) mass is 629 g/mol. The number of fused-ring (bicyclic) bond motifs is 1. The average Bonchev–Trinajstić information content (AvgIpc) is 3.39. The average molecular weight is 630 g/mol. The fourth-order valence-corrected chi connectivity index (χ4v) is 5.56. The van der Waals surface area contributed by atoms with Gasteiger partial charge in [0, 0.05) is 23.7 Å². The van der Waals surface area contributed by atoms with Gasteiger partial charge in [-0.1, -0.05) is 103 Å². The molecule has 6 rings (SSSR count). The second-order valence-corrected chi connectivity index (χ2v) is 11.0. The van der Waals surface area contributed by atoms with Crippen molar-refractivity contribution in [3.63, 3.8) is 0 Å². The van der Waals surface area contributed by atoms with Gasteiger partial charge in [-0.2, -0.15) is 10.5 Å². The van der Waals surface area contributed by atoms with Crippen molar-refractivity contribution in [1.29, 1.82) is 10.5 Å². The van der Waals surface area contributed by atoms with Crippen molar-refractivity contribution in [3.05, 3.63) is 173 Å². The Kier molecular flexibility index (Phi) is 9.18. The van der Waals surface area contributed by atoms with Crippen LogP contribution >= 0.6 is 0 Å². The van der Waals surface area contributed by atoms with E-state index in [9.17, 15) is 24.8 Å². The number of nitriles is 2. The number of allylic oxidation sites excluding steroid dienone is 1. The van der Waals surface area contributed by atoms with E-state index in [1.165, 1.54) is 18.3 Å². The summed E-state index contributed by atoms with van der Waals surface area (Å²) in [5.41, 5.74) is 3.35. The molecule has 0 amide bonds. The molecule has 0 bridgehead atoms. The summed E-state index contributed by atoms with van der Waals surface area (Å²) in [5, 5.41) is 31.4. The Morgan fingerprint density at radius 3 is 2.08 bits per heavy atom. The van der Waals surface area contributed by atoms with Crippen LogP contribution in [0.25, 0.3) is 10.9 Å². The zero-order valence-electron chi connectivity index (χ0n) is 25.7. The molecule has 0 saturated carbocycles. The van der Waals surface area contributed by atoms with Crippen molar-refractivity contribution in [3.8, 4) is 18.0 Å². The molecule has 5 aromatic carbocycles. The van der Waals surface area contributed by atoms with Gasteiger partial charge in [0.25, 0.3) is 0 Å². The molecule has 0 atom stereocenters. The van der Waals surface area contributed by atoms with E-state index in [4.69, 9.17) is 4.99 Å². The minimum absolute atomic E-state index is 0.0870. The van der Waals surface area contributed by atoms with E-state index >= 15 is 0 Å². The van der Waals surface area contributed by atoms with Crippen molar-refractivity contribution in [2.75, 3.05) is 4.90 Å². The Morgan fingerprint density at radius 2 is 1.42 bits per heavy atom. The second kappa shape index (κ2) is 14.1. The highest BCUT2D eigenvalue weighted by Crippen LogP contribution is 2.37. The van der Waals surface area contributed by atoms with Crippen molar-refractivity contribution in [2.24, 2.45) is 4.99 Å². The van der Waals surface area contributed by atoms with Crippen LogP contribution in [0.1, 0.15) is 27.0 Å². The summed E-state index contributed by atoms with van der Waals surface area (Å²) in [6.07, 6.45) is 1.44. The smallest absolute Gasteiger partial charge is 0.212 e. The molecule has 0 fully saturated rings. The Hall–Kier alpha value is -6.77. The standard InChI is InChI=1S/C40H28FN5O2/c41-32-20-21-35-33(22-32)37(40(48)46(35)27-29-14-6-2-7-15-29)38(39(47)31-16-8-3-9-17-31)44-34-18-10-11-19-36(34)45(26-30(23-42)24-43)25-28-12-4-1-5-13-28/h1-22,26,48H,25,27H2. The van der Waals surface area contributed by atoms with Crippen LogP contribution in [-0.2, 0) is 13.1 Å². The molecule has 8 heteroatoms. The van der Waals surface area contributed by atoms with Crippen molar-refractivity contribution >= 4 is 33.8 Å². The van der Waals surface area contributed by atoms with E-state index in [0.29, 0.717) is 27.8 Å². The van der Waals surface area contributed by atoms with Gasteiger partial charge in [0.1, 0.15) is 29.2 Å². The quantitative estimate of drug-likeness (QED) is 0.0930. The molecule has 0 radical (unpaired) electrons. The van der Waals surface area contributed by atoms with Crippen LogP contribution in [0.15, 0.2) is 150 Å². The Bertz CT molecular complexity index is 2230. The van der Waals surface area contributed by atoms with Crippen LogP contribution in [0.4, 0.5) is 15.8 Å². The lowest BCUT2D eigenvalue weighted by Gasteiger charge is -2.23. The van der Waals surface area contributed by atoms with E-state index in [1.54, 1.807) is 70.1 Å². The maximum Gasteiger partial charge on any atom is 0.212 e. The summed E-state index contributed by atoms with van der Waals surface area (Å²) in [7, 11) is 0. The molecule has 0 aliphatic rings. The molecule has 0 saturated heterocycles. The molecule has 1 aromatic heterocycles. The predicted octanol–water partition coefficient (Wildman–Crippen LogP) is 8.48. The van der Waals surface area contributed by atoms with Gasteiger partial charge in [-0.05, 0) is 41.5 Å². The first-order valence-electron chi connectivity index (χ1n) is 15.1. The summed E-state index contributed by atoms with van der Waals surface area (Å²) in [6, 6.07) is 42.6. The number of para-hydroxylation sites is 2. The number of hydrogen-bond donors (Lipinski definition) is 1. The summed E-state index contributed by atoms with van der Waals surface area (Å²) in [6.45, 7) is 0.550. The minimum atomic E-state index is -0.535. The second-order valence-electron chi connectivity index (χ2n) is 11.0. The number of rotatable bonds is 10. The molecular weight excluding hydrogens is 601 g/mol. The Labute approximate surface area is 277 Å². The van der Waals surface area contributed by atoms with Crippen LogP contribution in [-0.4, -0.2) is 21.2 Å². The summed E-state index contributed by atoms with van der Waals surface area (Å²) in [4.78, 5) is 21.0. The van der Waals surface area contributed by atoms with Gasteiger partial charge in [0.05, 0.1) is 29.0 Å². The highest BCUT2D eigenvalue weighted by atomic mass is 19.1. The topological polar surface area (TPSA) is 105 Å². The lowest BCUT2D eigenvalue weighted by molar-refractivity contribution is 0.106. The molecule has 0 aliphatic heterocycles. The van der Waals surface area contributed by atoms with Gasteiger partial charge in [-0.15, -0.1) is 0 Å². The molecule has 0 unspecified atom stereocenters. The molecule has 6 aromatic rings. The van der Waals surface area contributed by atoms with Crippen molar-refractivity contribution in [1.82, 2.24) is 4.57 Å². The van der Waals surface area contributed by atoms with Gasteiger partial charge in [0.15, 0.2) is 0 Å². The van der Waals surface area contributed by atoms with E-state index in [0.717, 1.165) is 11.1 Å². The molecule has 1 heterocycles. The number of anilines is 1. The molecule has 48 heavy (non-hydrogen) atoms. The van der Waals surface area contributed by atoms with Crippen LogP contribution in [0.5, 0.6) is 5.88 Å². The zero-order valence-corrected chi connectivity index (χ0v) is 25.7. The highest BCUT2D eigenvalue weighted by Gasteiger charge is 2.28. The number of nitrogens with zero attached hydrogens (tertiary/aromatic N) is 5. The summed E-state index contributed by atoms with van der Waals surface area (Å²) < 4.78 is 16.5. The number of halogens is 1. The molecular formula is C40H28FN5O2. The van der Waals surface area contributed by atoms with Crippen LogP contribution in [0, 0.1) is 28.5 Å². The predicted molar refractivity (Wildman–Crippen MR) is 184 cm³/mol. The fourth-order valence-electron chi connectivity index (χ4n) is 5.56. The zero-order chi connectivity index (χ0) is 33.5. The lowest BCUT2D eigenvalue weighted by atomic mass is 9.99. The number of carbonyl (C=O) groups excluding carboxylic acids is 1. The number of ketones is 1. The first-order chi connectivity index (χ1) is 23.5. The van der Waals surface area contributed by atoms with E-state index < -0.39 is 11.6 Å². The third-order valence-corrected chi connectivity index (χ3v) is 7.81. The maximum absolute atomic E-state index is 14.9. The van der Waals surface area contributed by atoms with Crippen LogP contribution in [0.2, 0.25) is 0 Å². The minimum Gasteiger partial charge on any atom is -0.494 e. The normalized spacial score (nSPS) is 11.0. The Balaban J connectivity index is 1.60. The van der Waals surface area contributed by atoms with Gasteiger partial charge < -0.3 is 14.6 Å². The molecule has 0 aliphatic carbocycles. The number of aromatic nitrogens is 1. The number of aliphatic imine (C=N–C) groups is 1. The van der Waals surface area contributed by atoms with Gasteiger partial charge in [-0.25, -0.2) is 9.38 Å². The number of benzene rings is 5. The fraction of sp³-hybridized carbons (Fsp3) is 0.0500. The number of carbonyl (C=O) groups is 1. The van der Waals surface area contributed by atoms with Crippen molar-refractivity contribution < 1.29 is 14.3 Å². The summed E-state index contributed by atoms with van der Waals surface area (Å²) >= 11 is 0. The maximum atomic E-state index is 14.9. The van der Waals surface area contributed by atoms with E-state index in [1.807, 2.05) is 72.8 Å². The molecule has 0 spiro atoms. The van der Waals surface area contributed by atoms with Gasteiger partial charge in [-0.3, -0.25) is 4.79 Å². The highest BCUT2D eigenvalue weighted by molar-refractivity contribution is 6.54.